The quantitative estimate of drug-likeness (QED) is 0.861. The molecule has 0 amide bonds. The topological polar surface area (TPSA) is 62.6 Å². The van der Waals surface area contributed by atoms with E-state index in [0.717, 1.165) is 37.5 Å². The lowest BCUT2D eigenvalue weighted by atomic mass is 9.91. The number of hydrogen-bond acceptors (Lipinski definition) is 4. The summed E-state index contributed by atoms with van der Waals surface area (Å²) in [6.07, 6.45) is 1.58. The zero-order chi connectivity index (χ0) is 13.3. The standard InChI is InChI=1S/C14H24N2O2/c1-10-4-5-12(18-10)13(11(2)15)16-8-6-14(3,17)7-9-16/h4-5,11,13,17H,6-9,15H2,1-3H3. The summed E-state index contributed by atoms with van der Waals surface area (Å²) in [5, 5.41) is 10.0. The molecule has 3 N–H and O–H groups in total. The number of hydrogen-bond donors (Lipinski definition) is 2. The average Bonchev–Trinajstić information content (AvgIpc) is 2.67. The van der Waals surface area contributed by atoms with Gasteiger partial charge in [0.1, 0.15) is 11.5 Å². The zero-order valence-corrected chi connectivity index (χ0v) is 11.5. The summed E-state index contributed by atoms with van der Waals surface area (Å²) < 4.78 is 5.73. The van der Waals surface area contributed by atoms with Crippen molar-refractivity contribution in [3.05, 3.63) is 23.7 Å². The Hall–Kier alpha value is -0.840. The van der Waals surface area contributed by atoms with E-state index in [1.165, 1.54) is 0 Å². The molecule has 2 unspecified atom stereocenters. The Morgan fingerprint density at radius 3 is 2.44 bits per heavy atom. The molecular weight excluding hydrogens is 228 g/mol. The third-order valence-electron chi connectivity index (χ3n) is 3.82. The minimum absolute atomic E-state index is 0.0126. The molecule has 2 rings (SSSR count). The minimum Gasteiger partial charge on any atom is -0.465 e. The fourth-order valence-corrected chi connectivity index (χ4v) is 2.67. The molecule has 0 saturated carbocycles. The summed E-state index contributed by atoms with van der Waals surface area (Å²) >= 11 is 0. The lowest BCUT2D eigenvalue weighted by Crippen LogP contribution is -2.47. The SMILES string of the molecule is Cc1ccc(C(C(C)N)N2CCC(C)(O)CC2)o1. The van der Waals surface area contributed by atoms with Crippen LogP contribution in [0.3, 0.4) is 0 Å². The predicted molar refractivity (Wildman–Crippen MR) is 71.3 cm³/mol. The van der Waals surface area contributed by atoms with Crippen molar-refractivity contribution in [2.45, 2.75) is 51.3 Å². The smallest absolute Gasteiger partial charge is 0.122 e. The van der Waals surface area contributed by atoms with Gasteiger partial charge in [-0.3, -0.25) is 4.90 Å². The summed E-state index contributed by atoms with van der Waals surface area (Å²) in [7, 11) is 0. The molecule has 0 spiro atoms. The highest BCUT2D eigenvalue weighted by Crippen LogP contribution is 2.31. The molecular formula is C14H24N2O2. The third-order valence-corrected chi connectivity index (χ3v) is 3.82. The molecule has 0 bridgehead atoms. The molecule has 4 heteroatoms. The van der Waals surface area contributed by atoms with E-state index in [2.05, 4.69) is 4.90 Å². The molecule has 102 valence electrons. The maximum absolute atomic E-state index is 10.0. The number of aliphatic hydroxyl groups is 1. The highest BCUT2D eigenvalue weighted by Gasteiger charge is 2.34. The van der Waals surface area contributed by atoms with Gasteiger partial charge in [-0.15, -0.1) is 0 Å². The van der Waals surface area contributed by atoms with Gasteiger partial charge in [0.25, 0.3) is 0 Å². The first kappa shape index (κ1) is 13.6. The Kier molecular flexibility index (Phi) is 3.80. The van der Waals surface area contributed by atoms with Crippen LogP contribution < -0.4 is 5.73 Å². The third kappa shape index (κ3) is 2.94. The molecule has 0 aromatic carbocycles. The Morgan fingerprint density at radius 2 is 2.00 bits per heavy atom. The summed E-state index contributed by atoms with van der Waals surface area (Å²) in [6.45, 7) is 7.58. The Labute approximate surface area is 109 Å². The zero-order valence-electron chi connectivity index (χ0n) is 11.5. The molecule has 1 aromatic rings. The van der Waals surface area contributed by atoms with Gasteiger partial charge in [0.05, 0.1) is 11.6 Å². The van der Waals surface area contributed by atoms with E-state index in [9.17, 15) is 5.11 Å². The number of nitrogens with two attached hydrogens (primary N) is 1. The van der Waals surface area contributed by atoms with E-state index in [4.69, 9.17) is 10.2 Å². The van der Waals surface area contributed by atoms with Crippen molar-refractivity contribution in [2.75, 3.05) is 13.1 Å². The van der Waals surface area contributed by atoms with Crippen LogP contribution in [0.5, 0.6) is 0 Å². The number of likely N-dealkylation sites (tertiary alicyclic amines) is 1. The van der Waals surface area contributed by atoms with Crippen LogP contribution in [0.15, 0.2) is 16.5 Å². The fourth-order valence-electron chi connectivity index (χ4n) is 2.67. The number of furan rings is 1. The molecule has 0 aliphatic carbocycles. The second-order valence-corrected chi connectivity index (χ2v) is 5.79. The fraction of sp³-hybridized carbons (Fsp3) is 0.714. The first-order chi connectivity index (χ1) is 8.39. The number of aryl methyl sites for hydroxylation is 1. The van der Waals surface area contributed by atoms with Gasteiger partial charge in [-0.1, -0.05) is 0 Å². The lowest BCUT2D eigenvalue weighted by Gasteiger charge is -2.40. The van der Waals surface area contributed by atoms with Crippen LogP contribution in [0.4, 0.5) is 0 Å². The summed E-state index contributed by atoms with van der Waals surface area (Å²) in [5.41, 5.74) is 5.58. The maximum atomic E-state index is 10.0. The second-order valence-electron chi connectivity index (χ2n) is 5.79. The minimum atomic E-state index is -0.530. The van der Waals surface area contributed by atoms with Gasteiger partial charge in [0.2, 0.25) is 0 Å². The summed E-state index contributed by atoms with van der Waals surface area (Å²) in [6, 6.07) is 4.11. The van der Waals surface area contributed by atoms with Gasteiger partial charge in [0.15, 0.2) is 0 Å². The lowest BCUT2D eigenvalue weighted by molar-refractivity contribution is -0.0221. The molecule has 2 atom stereocenters. The van der Waals surface area contributed by atoms with Crippen LogP contribution in [0.2, 0.25) is 0 Å². The van der Waals surface area contributed by atoms with Crippen LogP contribution >= 0.6 is 0 Å². The van der Waals surface area contributed by atoms with E-state index in [-0.39, 0.29) is 12.1 Å². The van der Waals surface area contributed by atoms with Crippen LogP contribution in [0.25, 0.3) is 0 Å². The average molecular weight is 252 g/mol. The molecule has 1 aliphatic heterocycles. The largest absolute Gasteiger partial charge is 0.465 e. The molecule has 1 aromatic heterocycles. The normalized spacial score (nSPS) is 23.8. The van der Waals surface area contributed by atoms with Crippen molar-refractivity contribution in [1.82, 2.24) is 4.90 Å². The highest BCUT2D eigenvalue weighted by molar-refractivity contribution is 5.12. The molecule has 18 heavy (non-hydrogen) atoms. The monoisotopic (exact) mass is 252 g/mol. The van der Waals surface area contributed by atoms with Gasteiger partial charge in [-0.2, -0.15) is 0 Å². The van der Waals surface area contributed by atoms with Crippen LogP contribution in [-0.2, 0) is 0 Å². The van der Waals surface area contributed by atoms with Crippen LogP contribution in [0, 0.1) is 6.92 Å². The van der Waals surface area contributed by atoms with Crippen molar-refractivity contribution in [3.63, 3.8) is 0 Å². The van der Waals surface area contributed by atoms with Crippen molar-refractivity contribution in [3.8, 4) is 0 Å². The van der Waals surface area contributed by atoms with Crippen LogP contribution in [-0.4, -0.2) is 34.7 Å². The van der Waals surface area contributed by atoms with Gasteiger partial charge in [-0.05, 0) is 45.7 Å². The first-order valence-electron chi connectivity index (χ1n) is 6.67. The van der Waals surface area contributed by atoms with Crippen molar-refractivity contribution < 1.29 is 9.52 Å². The van der Waals surface area contributed by atoms with E-state index in [1.54, 1.807) is 0 Å². The van der Waals surface area contributed by atoms with E-state index >= 15 is 0 Å². The van der Waals surface area contributed by atoms with E-state index in [1.807, 2.05) is 32.9 Å². The molecule has 1 aliphatic rings. The predicted octanol–water partition coefficient (Wildman–Crippen LogP) is 1.82. The summed E-state index contributed by atoms with van der Waals surface area (Å²) in [4.78, 5) is 2.32. The van der Waals surface area contributed by atoms with Gasteiger partial charge in [-0.25, -0.2) is 0 Å². The Balaban J connectivity index is 2.12. The first-order valence-corrected chi connectivity index (χ1v) is 6.67. The number of rotatable bonds is 3. The summed E-state index contributed by atoms with van der Waals surface area (Å²) in [5.74, 6) is 1.85. The van der Waals surface area contributed by atoms with Crippen molar-refractivity contribution >= 4 is 0 Å². The van der Waals surface area contributed by atoms with Crippen molar-refractivity contribution in [1.29, 1.82) is 0 Å². The Morgan fingerprint density at radius 1 is 1.39 bits per heavy atom. The maximum Gasteiger partial charge on any atom is 0.122 e. The molecule has 0 radical (unpaired) electrons. The number of piperidine rings is 1. The van der Waals surface area contributed by atoms with Gasteiger partial charge >= 0.3 is 0 Å². The molecule has 1 fully saturated rings. The molecule has 2 heterocycles. The highest BCUT2D eigenvalue weighted by atomic mass is 16.3. The molecule has 4 nitrogen and oxygen atoms in total. The van der Waals surface area contributed by atoms with Crippen LogP contribution in [0.1, 0.15) is 44.3 Å². The Bertz CT molecular complexity index is 388. The van der Waals surface area contributed by atoms with Gasteiger partial charge in [0, 0.05) is 19.1 Å². The van der Waals surface area contributed by atoms with Gasteiger partial charge < -0.3 is 15.3 Å². The van der Waals surface area contributed by atoms with E-state index < -0.39 is 5.60 Å². The second kappa shape index (κ2) is 5.03. The van der Waals surface area contributed by atoms with E-state index in [0.29, 0.717) is 0 Å². The molecule has 1 saturated heterocycles. The van der Waals surface area contributed by atoms with Crippen molar-refractivity contribution in [2.24, 2.45) is 5.73 Å². The number of nitrogens with zero attached hydrogens (tertiary/aromatic N) is 1.